The molecule has 2 heterocycles. The maximum Gasteiger partial charge on any atom is 0.273 e. The monoisotopic (exact) mass is 462 g/mol. The standard InChI is InChI=1S/C20H20Cl2N6O3/c1-3-24-7-11-4-12(9-25-8-11)27-19(29)16-18(23)26-10-28(20(16)30)17-14(21)5-13(31-2)6-15(17)22/h4-6,8-10,24H,3,7,23H2,1-2H3,(H,27,29). The Morgan fingerprint density at radius 1 is 1.23 bits per heavy atom. The molecule has 0 aliphatic heterocycles. The summed E-state index contributed by atoms with van der Waals surface area (Å²) in [5.74, 6) is -0.540. The molecule has 1 amide bonds. The first kappa shape index (κ1) is 22.5. The fourth-order valence-corrected chi connectivity index (χ4v) is 3.49. The van der Waals surface area contributed by atoms with Crippen LogP contribution in [0.15, 0.2) is 41.7 Å². The predicted molar refractivity (Wildman–Crippen MR) is 120 cm³/mol. The number of carbonyl (C=O) groups is 1. The lowest BCUT2D eigenvalue weighted by molar-refractivity contribution is 0.102. The first-order valence-corrected chi connectivity index (χ1v) is 9.97. The average molecular weight is 463 g/mol. The van der Waals surface area contributed by atoms with E-state index in [9.17, 15) is 9.59 Å². The van der Waals surface area contributed by atoms with Crippen molar-refractivity contribution in [3.63, 3.8) is 0 Å². The number of carbonyl (C=O) groups excluding carboxylic acids is 1. The van der Waals surface area contributed by atoms with E-state index in [1.54, 1.807) is 12.3 Å². The fourth-order valence-electron chi connectivity index (χ4n) is 2.85. The Balaban J connectivity index is 1.99. The summed E-state index contributed by atoms with van der Waals surface area (Å²) in [5, 5.41) is 6.09. The van der Waals surface area contributed by atoms with Crippen molar-refractivity contribution >= 4 is 40.6 Å². The number of nitrogen functional groups attached to an aromatic ring is 1. The fraction of sp³-hybridized carbons (Fsp3) is 0.200. The van der Waals surface area contributed by atoms with Crippen LogP contribution in [-0.4, -0.2) is 34.1 Å². The van der Waals surface area contributed by atoms with Gasteiger partial charge < -0.3 is 21.1 Å². The lowest BCUT2D eigenvalue weighted by Gasteiger charge is -2.14. The minimum absolute atomic E-state index is 0.143. The van der Waals surface area contributed by atoms with Gasteiger partial charge in [-0.1, -0.05) is 30.1 Å². The molecule has 0 fully saturated rings. The van der Waals surface area contributed by atoms with Gasteiger partial charge in [-0.25, -0.2) is 4.98 Å². The van der Waals surface area contributed by atoms with Gasteiger partial charge in [-0.15, -0.1) is 0 Å². The Bertz CT molecular complexity index is 1160. The van der Waals surface area contributed by atoms with Crippen molar-refractivity contribution in [1.82, 2.24) is 19.9 Å². The van der Waals surface area contributed by atoms with Crippen LogP contribution >= 0.6 is 23.2 Å². The van der Waals surface area contributed by atoms with Gasteiger partial charge in [0.1, 0.15) is 23.5 Å². The van der Waals surface area contributed by atoms with E-state index in [2.05, 4.69) is 20.6 Å². The second kappa shape index (κ2) is 9.78. The molecule has 0 saturated carbocycles. The Kier molecular flexibility index (Phi) is 7.11. The summed E-state index contributed by atoms with van der Waals surface area (Å²) in [4.78, 5) is 34.0. The van der Waals surface area contributed by atoms with E-state index in [1.807, 2.05) is 6.92 Å². The van der Waals surface area contributed by atoms with Crippen LogP contribution in [0, 0.1) is 0 Å². The van der Waals surface area contributed by atoms with Gasteiger partial charge in [0, 0.05) is 24.9 Å². The van der Waals surface area contributed by atoms with E-state index in [0.29, 0.717) is 18.0 Å². The summed E-state index contributed by atoms with van der Waals surface area (Å²) >= 11 is 12.6. The van der Waals surface area contributed by atoms with Crippen LogP contribution in [0.3, 0.4) is 0 Å². The minimum atomic E-state index is -0.729. The van der Waals surface area contributed by atoms with Gasteiger partial charge in [0.15, 0.2) is 0 Å². The number of pyridine rings is 1. The Morgan fingerprint density at radius 3 is 2.58 bits per heavy atom. The van der Waals surface area contributed by atoms with Crippen molar-refractivity contribution in [2.45, 2.75) is 13.5 Å². The van der Waals surface area contributed by atoms with Crippen LogP contribution in [0.2, 0.25) is 10.0 Å². The molecule has 0 aliphatic carbocycles. The highest BCUT2D eigenvalue weighted by Crippen LogP contribution is 2.32. The first-order chi connectivity index (χ1) is 14.8. The van der Waals surface area contributed by atoms with Crippen LogP contribution in [0.5, 0.6) is 5.75 Å². The molecule has 3 rings (SSSR count). The van der Waals surface area contributed by atoms with E-state index in [4.69, 9.17) is 33.7 Å². The number of rotatable bonds is 7. The van der Waals surface area contributed by atoms with Crippen molar-refractivity contribution in [1.29, 1.82) is 0 Å². The molecular weight excluding hydrogens is 443 g/mol. The van der Waals surface area contributed by atoms with Crippen LogP contribution < -0.4 is 26.7 Å². The number of benzene rings is 1. The van der Waals surface area contributed by atoms with Gasteiger partial charge >= 0.3 is 0 Å². The summed E-state index contributed by atoms with van der Waals surface area (Å²) in [5.41, 5.74) is 6.21. The summed E-state index contributed by atoms with van der Waals surface area (Å²) < 4.78 is 6.18. The van der Waals surface area contributed by atoms with Crippen LogP contribution in [0.25, 0.3) is 5.69 Å². The van der Waals surface area contributed by atoms with Gasteiger partial charge in [-0.05, 0) is 18.2 Å². The third kappa shape index (κ3) is 4.96. The van der Waals surface area contributed by atoms with Crippen LogP contribution in [0.1, 0.15) is 22.8 Å². The molecule has 0 atom stereocenters. The molecule has 0 saturated heterocycles. The second-order valence-corrected chi connectivity index (χ2v) is 7.25. The molecule has 2 aromatic heterocycles. The molecular formula is C20H20Cl2N6O3. The lowest BCUT2D eigenvalue weighted by atomic mass is 10.2. The zero-order valence-corrected chi connectivity index (χ0v) is 18.3. The topological polar surface area (TPSA) is 124 Å². The number of hydrogen-bond donors (Lipinski definition) is 3. The van der Waals surface area contributed by atoms with Gasteiger partial charge in [0.2, 0.25) is 0 Å². The number of amides is 1. The van der Waals surface area contributed by atoms with E-state index < -0.39 is 11.5 Å². The molecule has 0 spiro atoms. The normalized spacial score (nSPS) is 10.7. The van der Waals surface area contributed by atoms with E-state index in [1.165, 1.54) is 25.4 Å². The molecule has 1 aromatic carbocycles. The minimum Gasteiger partial charge on any atom is -0.497 e. The third-order valence-corrected chi connectivity index (χ3v) is 4.90. The highest BCUT2D eigenvalue weighted by atomic mass is 35.5. The number of nitrogens with zero attached hydrogens (tertiary/aromatic N) is 3. The molecule has 162 valence electrons. The van der Waals surface area contributed by atoms with E-state index in [-0.39, 0.29) is 27.1 Å². The molecule has 0 unspecified atom stereocenters. The van der Waals surface area contributed by atoms with Gasteiger partial charge in [-0.3, -0.25) is 19.1 Å². The number of nitrogens with two attached hydrogens (primary N) is 1. The smallest absolute Gasteiger partial charge is 0.273 e. The highest BCUT2D eigenvalue weighted by Gasteiger charge is 2.21. The molecule has 11 heteroatoms. The number of nitrogens with one attached hydrogen (secondary N) is 2. The van der Waals surface area contributed by atoms with Gasteiger partial charge in [0.25, 0.3) is 11.5 Å². The molecule has 9 nitrogen and oxygen atoms in total. The maximum absolute atomic E-state index is 13.1. The summed E-state index contributed by atoms with van der Waals surface area (Å²) in [7, 11) is 1.46. The Labute approximate surface area is 188 Å². The molecule has 0 aliphatic rings. The quantitative estimate of drug-likeness (QED) is 0.492. The van der Waals surface area contributed by atoms with E-state index in [0.717, 1.165) is 23.0 Å². The Morgan fingerprint density at radius 2 is 1.94 bits per heavy atom. The molecule has 4 N–H and O–H groups in total. The SMILES string of the molecule is CCNCc1cncc(NC(=O)c2c(N)ncn(-c3c(Cl)cc(OC)cc3Cl)c2=O)c1. The number of methoxy groups -OCH3 is 1. The molecule has 0 bridgehead atoms. The van der Waals surface area contributed by atoms with Gasteiger partial charge in [-0.2, -0.15) is 0 Å². The third-order valence-electron chi connectivity index (χ3n) is 4.33. The number of ether oxygens (including phenoxy) is 1. The zero-order chi connectivity index (χ0) is 22.5. The number of aromatic nitrogens is 3. The van der Waals surface area contributed by atoms with Crippen molar-refractivity contribution in [3.05, 3.63) is 68.4 Å². The highest BCUT2D eigenvalue weighted by molar-refractivity contribution is 6.38. The largest absolute Gasteiger partial charge is 0.497 e. The lowest BCUT2D eigenvalue weighted by Crippen LogP contribution is -2.31. The predicted octanol–water partition coefficient (Wildman–Crippen LogP) is 2.89. The van der Waals surface area contributed by atoms with Crippen molar-refractivity contribution < 1.29 is 9.53 Å². The van der Waals surface area contributed by atoms with Crippen molar-refractivity contribution in [2.75, 3.05) is 24.7 Å². The molecule has 3 aromatic rings. The summed E-state index contributed by atoms with van der Waals surface area (Å²) in [6.07, 6.45) is 4.31. The van der Waals surface area contributed by atoms with E-state index >= 15 is 0 Å². The van der Waals surface area contributed by atoms with Gasteiger partial charge in [0.05, 0.1) is 34.7 Å². The summed E-state index contributed by atoms with van der Waals surface area (Å²) in [6.45, 7) is 3.36. The number of hydrogen-bond acceptors (Lipinski definition) is 7. The summed E-state index contributed by atoms with van der Waals surface area (Å²) in [6, 6.07) is 4.73. The zero-order valence-electron chi connectivity index (χ0n) is 16.8. The molecule has 31 heavy (non-hydrogen) atoms. The Hall–Kier alpha value is -3.14. The maximum atomic E-state index is 13.1. The van der Waals surface area contributed by atoms with Crippen LogP contribution in [0.4, 0.5) is 11.5 Å². The second-order valence-electron chi connectivity index (χ2n) is 6.44. The first-order valence-electron chi connectivity index (χ1n) is 9.22. The van der Waals surface area contributed by atoms with Crippen LogP contribution in [-0.2, 0) is 6.54 Å². The number of anilines is 2. The van der Waals surface area contributed by atoms with Crippen molar-refractivity contribution in [3.8, 4) is 11.4 Å². The average Bonchev–Trinajstić information content (AvgIpc) is 2.73. The number of halogens is 2. The molecule has 0 radical (unpaired) electrons. The van der Waals surface area contributed by atoms with Crippen molar-refractivity contribution in [2.24, 2.45) is 0 Å².